The Morgan fingerprint density at radius 3 is 2.83 bits per heavy atom. The predicted octanol–water partition coefficient (Wildman–Crippen LogP) is 1.54. The normalized spacial score (nSPS) is 30.9. The predicted molar refractivity (Wildman–Crippen MR) is 63.4 cm³/mol. The highest BCUT2D eigenvalue weighted by atomic mass is 16.7. The summed E-state index contributed by atoms with van der Waals surface area (Å²) in [7, 11) is 0. The molecule has 0 aliphatic carbocycles. The molecule has 0 radical (unpaired) electrons. The van der Waals surface area contributed by atoms with Crippen molar-refractivity contribution in [1.82, 2.24) is 5.48 Å². The Balaban J connectivity index is 2.34. The summed E-state index contributed by atoms with van der Waals surface area (Å²) in [4.78, 5) is 16.4. The van der Waals surface area contributed by atoms with E-state index in [2.05, 4.69) is 11.5 Å². The summed E-state index contributed by atoms with van der Waals surface area (Å²) in [6.07, 6.45) is 0.296. The lowest BCUT2D eigenvalue weighted by Crippen LogP contribution is -2.35. The molecule has 18 heavy (non-hydrogen) atoms. The molecule has 94 valence electrons. The van der Waals surface area contributed by atoms with E-state index in [-0.39, 0.29) is 0 Å². The van der Waals surface area contributed by atoms with Gasteiger partial charge in [0.25, 0.3) is 0 Å². The number of hydrogen-bond donors (Lipinski definition) is 2. The Labute approximate surface area is 105 Å². The fourth-order valence-electron chi connectivity index (χ4n) is 2.18. The molecule has 0 saturated carbocycles. The second kappa shape index (κ2) is 4.09. The molecule has 5 heteroatoms. The number of carbonyl (C=O) groups is 1. The van der Waals surface area contributed by atoms with Gasteiger partial charge in [-0.05, 0) is 31.5 Å². The van der Waals surface area contributed by atoms with Crippen LogP contribution < -0.4 is 5.48 Å². The topological polar surface area (TPSA) is 82.3 Å². The van der Waals surface area contributed by atoms with Gasteiger partial charge in [0.1, 0.15) is 0 Å². The zero-order valence-electron chi connectivity index (χ0n) is 10.2. The lowest BCUT2D eigenvalue weighted by Gasteiger charge is -2.23. The lowest BCUT2D eigenvalue weighted by atomic mass is 9.83. The molecule has 0 spiro atoms. The minimum Gasteiger partial charge on any atom is -0.479 e. The molecule has 1 saturated heterocycles. The van der Waals surface area contributed by atoms with Crippen molar-refractivity contribution >= 4 is 5.97 Å². The number of carboxylic acid groups (broad SMARTS) is 1. The van der Waals surface area contributed by atoms with Gasteiger partial charge in [0, 0.05) is 6.42 Å². The summed E-state index contributed by atoms with van der Waals surface area (Å²) in [5.41, 5.74) is 2.30. The molecular weight excluding hydrogens is 232 g/mol. The number of aliphatic carboxylic acids is 1. The van der Waals surface area contributed by atoms with Gasteiger partial charge in [-0.25, -0.2) is 4.79 Å². The van der Waals surface area contributed by atoms with Crippen LogP contribution in [-0.2, 0) is 15.2 Å². The molecule has 0 bridgehead atoms. The molecule has 1 fully saturated rings. The molecule has 5 nitrogen and oxygen atoms in total. The summed E-state index contributed by atoms with van der Waals surface area (Å²) in [5.74, 6) is -1.00. The number of hydroxylamine groups is 1. The van der Waals surface area contributed by atoms with Crippen LogP contribution in [0.4, 0.5) is 0 Å². The van der Waals surface area contributed by atoms with Crippen molar-refractivity contribution in [1.29, 1.82) is 5.26 Å². The number of carboxylic acids is 1. The van der Waals surface area contributed by atoms with E-state index >= 15 is 0 Å². The van der Waals surface area contributed by atoms with Crippen molar-refractivity contribution in [2.24, 2.45) is 0 Å². The first-order chi connectivity index (χ1) is 8.39. The fraction of sp³-hybridized carbons (Fsp3) is 0.385. The van der Waals surface area contributed by atoms with Crippen LogP contribution in [0, 0.1) is 11.3 Å². The number of nitrogens with zero attached hydrogens (tertiary/aromatic N) is 1. The highest BCUT2D eigenvalue weighted by molar-refractivity contribution is 5.77. The van der Waals surface area contributed by atoms with E-state index in [1.165, 1.54) is 6.92 Å². The molecule has 1 heterocycles. The van der Waals surface area contributed by atoms with Crippen LogP contribution in [0.2, 0.25) is 0 Å². The Kier molecular flexibility index (Phi) is 2.85. The minimum atomic E-state index is -1.25. The Morgan fingerprint density at radius 1 is 1.56 bits per heavy atom. The van der Waals surface area contributed by atoms with Crippen LogP contribution in [0.25, 0.3) is 0 Å². The van der Waals surface area contributed by atoms with Crippen molar-refractivity contribution in [2.45, 2.75) is 31.4 Å². The molecule has 1 aromatic rings. The molecule has 1 aromatic carbocycles. The lowest BCUT2D eigenvalue weighted by molar-refractivity contribution is -0.163. The van der Waals surface area contributed by atoms with Crippen molar-refractivity contribution in [3.05, 3.63) is 35.4 Å². The SMILES string of the molecule is CC1(C(=O)O)CC(C)(c2cccc(C#N)c2)NO1. The maximum atomic E-state index is 11.1. The van der Waals surface area contributed by atoms with E-state index in [1.54, 1.807) is 18.2 Å². The van der Waals surface area contributed by atoms with Crippen LogP contribution >= 0.6 is 0 Å². The van der Waals surface area contributed by atoms with Crippen LogP contribution in [0.3, 0.4) is 0 Å². The first-order valence-corrected chi connectivity index (χ1v) is 5.59. The second-order valence-electron chi connectivity index (χ2n) is 4.94. The van der Waals surface area contributed by atoms with Gasteiger partial charge in [-0.3, -0.25) is 4.84 Å². The van der Waals surface area contributed by atoms with Gasteiger partial charge in [0.2, 0.25) is 0 Å². The highest BCUT2D eigenvalue weighted by Gasteiger charge is 2.50. The van der Waals surface area contributed by atoms with E-state index in [0.717, 1.165) is 5.56 Å². The molecular formula is C13H14N2O3. The summed E-state index contributed by atoms with van der Waals surface area (Å²) in [6.45, 7) is 3.39. The van der Waals surface area contributed by atoms with Gasteiger partial charge in [-0.2, -0.15) is 10.7 Å². The smallest absolute Gasteiger partial charge is 0.337 e. The summed E-state index contributed by atoms with van der Waals surface area (Å²) in [6, 6.07) is 9.14. The molecule has 1 aliphatic heterocycles. The Hall–Kier alpha value is -1.90. The number of nitrogens with one attached hydrogen (secondary N) is 1. The number of hydrogen-bond acceptors (Lipinski definition) is 4. The average molecular weight is 246 g/mol. The zero-order chi connectivity index (χ0) is 13.4. The first-order valence-electron chi connectivity index (χ1n) is 5.59. The standard InChI is InChI=1S/C13H14N2O3/c1-12(8-13(2,11(16)17)18-15-12)10-5-3-4-9(6-10)7-14/h3-6,15H,8H2,1-2H3,(H,16,17). The van der Waals surface area contributed by atoms with Gasteiger partial charge in [-0.1, -0.05) is 12.1 Å². The van der Waals surface area contributed by atoms with Crippen LogP contribution in [-0.4, -0.2) is 16.7 Å². The van der Waals surface area contributed by atoms with Gasteiger partial charge < -0.3 is 5.11 Å². The molecule has 0 aromatic heterocycles. The van der Waals surface area contributed by atoms with E-state index in [4.69, 9.17) is 15.2 Å². The Bertz CT molecular complexity index is 537. The van der Waals surface area contributed by atoms with Crippen LogP contribution in [0.5, 0.6) is 0 Å². The van der Waals surface area contributed by atoms with Gasteiger partial charge >= 0.3 is 5.97 Å². The average Bonchev–Trinajstić information content (AvgIpc) is 2.68. The maximum absolute atomic E-state index is 11.1. The quantitative estimate of drug-likeness (QED) is 0.827. The third kappa shape index (κ3) is 1.96. The molecule has 2 unspecified atom stereocenters. The van der Waals surface area contributed by atoms with E-state index < -0.39 is 17.1 Å². The molecule has 1 aliphatic rings. The van der Waals surface area contributed by atoms with Crippen LogP contribution in [0.1, 0.15) is 31.4 Å². The highest BCUT2D eigenvalue weighted by Crippen LogP contribution is 2.38. The first kappa shape index (κ1) is 12.6. The largest absolute Gasteiger partial charge is 0.479 e. The van der Waals surface area contributed by atoms with Crippen molar-refractivity contribution in [2.75, 3.05) is 0 Å². The third-order valence-electron chi connectivity index (χ3n) is 3.27. The van der Waals surface area contributed by atoms with Gasteiger partial charge in [0.15, 0.2) is 5.60 Å². The van der Waals surface area contributed by atoms with Crippen LogP contribution in [0.15, 0.2) is 24.3 Å². The monoisotopic (exact) mass is 246 g/mol. The summed E-state index contributed by atoms with van der Waals surface area (Å²) < 4.78 is 0. The molecule has 2 N–H and O–H groups in total. The van der Waals surface area contributed by atoms with Crippen molar-refractivity contribution in [3.8, 4) is 6.07 Å². The Morgan fingerprint density at radius 2 is 2.28 bits per heavy atom. The molecule has 0 amide bonds. The minimum absolute atomic E-state index is 0.296. The second-order valence-corrected chi connectivity index (χ2v) is 4.94. The molecule has 2 rings (SSSR count). The summed E-state index contributed by atoms with van der Waals surface area (Å²) in [5, 5.41) is 18.0. The van der Waals surface area contributed by atoms with E-state index in [0.29, 0.717) is 12.0 Å². The van der Waals surface area contributed by atoms with Gasteiger partial charge in [0.05, 0.1) is 17.2 Å². The van der Waals surface area contributed by atoms with E-state index in [9.17, 15) is 4.79 Å². The van der Waals surface area contributed by atoms with Crippen molar-refractivity contribution in [3.63, 3.8) is 0 Å². The zero-order valence-corrected chi connectivity index (χ0v) is 10.2. The van der Waals surface area contributed by atoms with Gasteiger partial charge in [-0.15, -0.1) is 0 Å². The van der Waals surface area contributed by atoms with Crippen molar-refractivity contribution < 1.29 is 14.7 Å². The maximum Gasteiger partial charge on any atom is 0.337 e. The number of benzene rings is 1. The number of rotatable bonds is 2. The molecule has 2 atom stereocenters. The number of nitriles is 1. The van der Waals surface area contributed by atoms with E-state index in [1.807, 2.05) is 13.0 Å². The summed E-state index contributed by atoms with van der Waals surface area (Å²) >= 11 is 0. The third-order valence-corrected chi connectivity index (χ3v) is 3.27. The fourth-order valence-corrected chi connectivity index (χ4v) is 2.18.